The van der Waals surface area contributed by atoms with Crippen molar-refractivity contribution >= 4 is 0 Å². The molecule has 0 saturated heterocycles. The molecule has 0 radical (unpaired) electrons. The maximum absolute atomic E-state index is 11.9. The number of benzene rings is 1. The van der Waals surface area contributed by atoms with E-state index in [1.54, 1.807) is 0 Å². The Kier molecular flexibility index (Phi) is 5.66. The van der Waals surface area contributed by atoms with E-state index in [0.29, 0.717) is 13.0 Å². The third-order valence-electron chi connectivity index (χ3n) is 2.99. The monoisotopic (exact) mass is 259 g/mol. The summed E-state index contributed by atoms with van der Waals surface area (Å²) in [4.78, 5) is 0. The third kappa shape index (κ3) is 5.54. The van der Waals surface area contributed by atoms with Crippen molar-refractivity contribution < 1.29 is 13.2 Å². The van der Waals surface area contributed by atoms with E-state index in [4.69, 9.17) is 0 Å². The minimum Gasteiger partial charge on any atom is -0.310 e. The number of nitrogens with one attached hydrogen (secondary N) is 1. The fourth-order valence-electron chi connectivity index (χ4n) is 1.95. The smallest absolute Gasteiger partial charge is 0.310 e. The molecule has 0 aliphatic rings. The number of halogens is 3. The molecule has 0 saturated carbocycles. The highest BCUT2D eigenvalue weighted by atomic mass is 19.4. The number of aryl methyl sites for hydroxylation is 1. The summed E-state index contributed by atoms with van der Waals surface area (Å²) in [6.07, 6.45) is -3.97. The lowest BCUT2D eigenvalue weighted by Crippen LogP contribution is -2.21. The Morgan fingerprint density at radius 1 is 1.17 bits per heavy atom. The second kappa shape index (κ2) is 6.78. The molecular weight excluding hydrogens is 239 g/mol. The Hall–Kier alpha value is -1.03. The molecule has 1 aromatic rings. The molecule has 1 rings (SSSR count). The zero-order valence-corrected chi connectivity index (χ0v) is 10.8. The molecule has 1 N–H and O–H groups in total. The van der Waals surface area contributed by atoms with Crippen LogP contribution in [0.5, 0.6) is 0 Å². The molecule has 1 unspecified atom stereocenters. The van der Waals surface area contributed by atoms with Crippen molar-refractivity contribution in [2.75, 3.05) is 6.54 Å². The highest BCUT2D eigenvalue weighted by Gasteiger charge is 2.25. The van der Waals surface area contributed by atoms with Gasteiger partial charge >= 0.3 is 6.18 Å². The van der Waals surface area contributed by atoms with Gasteiger partial charge in [-0.05, 0) is 44.4 Å². The van der Waals surface area contributed by atoms with Gasteiger partial charge in [-0.3, -0.25) is 0 Å². The molecular formula is C14H20F3N. The van der Waals surface area contributed by atoms with E-state index in [-0.39, 0.29) is 12.5 Å². The summed E-state index contributed by atoms with van der Waals surface area (Å²) in [5.74, 6) is 0. The average molecular weight is 259 g/mol. The molecule has 102 valence electrons. The number of hydrogen-bond donors (Lipinski definition) is 1. The summed E-state index contributed by atoms with van der Waals surface area (Å²) < 4.78 is 35.8. The average Bonchev–Trinajstić information content (AvgIpc) is 2.27. The van der Waals surface area contributed by atoms with Gasteiger partial charge < -0.3 is 5.32 Å². The van der Waals surface area contributed by atoms with E-state index in [1.165, 1.54) is 11.1 Å². The van der Waals surface area contributed by atoms with Crippen LogP contribution in [0, 0.1) is 6.92 Å². The fraction of sp³-hybridized carbons (Fsp3) is 0.571. The van der Waals surface area contributed by atoms with E-state index in [2.05, 4.69) is 5.32 Å². The summed E-state index contributed by atoms with van der Waals surface area (Å²) in [7, 11) is 0. The van der Waals surface area contributed by atoms with Crippen molar-refractivity contribution in [3.8, 4) is 0 Å². The molecule has 1 nitrogen and oxygen atoms in total. The molecule has 0 fully saturated rings. The van der Waals surface area contributed by atoms with Crippen molar-refractivity contribution in [3.63, 3.8) is 0 Å². The predicted molar refractivity (Wildman–Crippen MR) is 67.5 cm³/mol. The topological polar surface area (TPSA) is 12.0 Å². The van der Waals surface area contributed by atoms with Gasteiger partial charge in [-0.2, -0.15) is 13.2 Å². The fourth-order valence-corrected chi connectivity index (χ4v) is 1.95. The van der Waals surface area contributed by atoms with Gasteiger partial charge in [0.1, 0.15) is 0 Å². The van der Waals surface area contributed by atoms with E-state index in [9.17, 15) is 13.2 Å². The van der Waals surface area contributed by atoms with Crippen LogP contribution in [0.4, 0.5) is 13.2 Å². The van der Waals surface area contributed by atoms with Crippen LogP contribution in [0.3, 0.4) is 0 Å². The lowest BCUT2D eigenvalue weighted by molar-refractivity contribution is -0.135. The van der Waals surface area contributed by atoms with E-state index in [0.717, 1.165) is 0 Å². The number of rotatable bonds is 6. The molecule has 4 heteroatoms. The van der Waals surface area contributed by atoms with Crippen LogP contribution in [-0.2, 0) is 0 Å². The quantitative estimate of drug-likeness (QED) is 0.748. The SMILES string of the molecule is Cc1ccccc1C(C)NCCCCC(F)(F)F. The van der Waals surface area contributed by atoms with Crippen LogP contribution in [0.1, 0.15) is 43.4 Å². The zero-order chi connectivity index (χ0) is 13.6. The molecule has 0 aliphatic carbocycles. The summed E-state index contributed by atoms with van der Waals surface area (Å²) in [6, 6.07) is 8.22. The Bertz CT molecular complexity index is 360. The summed E-state index contributed by atoms with van der Waals surface area (Å²) in [6.45, 7) is 4.69. The van der Waals surface area contributed by atoms with E-state index in [1.807, 2.05) is 38.1 Å². The van der Waals surface area contributed by atoms with Crippen molar-refractivity contribution in [2.24, 2.45) is 0 Å². The molecule has 1 atom stereocenters. The molecule has 0 heterocycles. The molecule has 18 heavy (non-hydrogen) atoms. The molecule has 0 spiro atoms. The van der Waals surface area contributed by atoms with Crippen LogP contribution in [-0.4, -0.2) is 12.7 Å². The maximum atomic E-state index is 11.9. The third-order valence-corrected chi connectivity index (χ3v) is 2.99. The second-order valence-electron chi connectivity index (χ2n) is 4.60. The lowest BCUT2D eigenvalue weighted by Gasteiger charge is -2.16. The minimum absolute atomic E-state index is 0.178. The Balaban J connectivity index is 2.26. The summed E-state index contributed by atoms with van der Waals surface area (Å²) in [5, 5.41) is 3.26. The first-order chi connectivity index (χ1) is 8.40. The van der Waals surface area contributed by atoms with Crippen LogP contribution in [0.2, 0.25) is 0 Å². The number of unbranched alkanes of at least 4 members (excludes halogenated alkanes) is 1. The van der Waals surface area contributed by atoms with Crippen molar-refractivity contribution in [1.82, 2.24) is 5.32 Å². The molecule has 0 bridgehead atoms. The van der Waals surface area contributed by atoms with Gasteiger partial charge in [0.2, 0.25) is 0 Å². The summed E-state index contributed by atoms with van der Waals surface area (Å²) in [5.41, 5.74) is 2.40. The van der Waals surface area contributed by atoms with Gasteiger partial charge in [0.15, 0.2) is 0 Å². The maximum Gasteiger partial charge on any atom is 0.389 e. The van der Waals surface area contributed by atoms with Crippen LogP contribution in [0.15, 0.2) is 24.3 Å². The normalized spacial score (nSPS) is 13.6. The predicted octanol–water partition coefficient (Wildman–Crippen LogP) is 4.38. The Morgan fingerprint density at radius 2 is 1.83 bits per heavy atom. The highest BCUT2D eigenvalue weighted by Crippen LogP contribution is 2.22. The van der Waals surface area contributed by atoms with Crippen LogP contribution in [0.25, 0.3) is 0 Å². The first kappa shape index (κ1) is 15.0. The van der Waals surface area contributed by atoms with E-state index < -0.39 is 12.6 Å². The standard InChI is InChI=1S/C14H20F3N/c1-11-7-3-4-8-13(11)12(2)18-10-6-5-9-14(15,16)17/h3-4,7-8,12,18H,5-6,9-10H2,1-2H3. The van der Waals surface area contributed by atoms with Gasteiger partial charge in [-0.15, -0.1) is 0 Å². The molecule has 1 aromatic carbocycles. The van der Waals surface area contributed by atoms with Gasteiger partial charge in [0.05, 0.1) is 0 Å². The molecule has 0 aliphatic heterocycles. The minimum atomic E-state index is -4.03. The summed E-state index contributed by atoms with van der Waals surface area (Å²) >= 11 is 0. The van der Waals surface area contributed by atoms with Crippen molar-refractivity contribution in [1.29, 1.82) is 0 Å². The first-order valence-corrected chi connectivity index (χ1v) is 6.26. The number of alkyl halides is 3. The second-order valence-corrected chi connectivity index (χ2v) is 4.60. The van der Waals surface area contributed by atoms with Gasteiger partial charge in [-0.25, -0.2) is 0 Å². The van der Waals surface area contributed by atoms with Gasteiger partial charge in [0, 0.05) is 12.5 Å². The lowest BCUT2D eigenvalue weighted by atomic mass is 10.0. The Morgan fingerprint density at radius 3 is 2.44 bits per heavy atom. The number of hydrogen-bond acceptors (Lipinski definition) is 1. The molecule has 0 amide bonds. The Labute approximate surface area is 106 Å². The van der Waals surface area contributed by atoms with E-state index >= 15 is 0 Å². The van der Waals surface area contributed by atoms with Gasteiger partial charge in [-0.1, -0.05) is 24.3 Å². The molecule has 0 aromatic heterocycles. The van der Waals surface area contributed by atoms with Gasteiger partial charge in [0.25, 0.3) is 0 Å². The van der Waals surface area contributed by atoms with Crippen molar-refractivity contribution in [3.05, 3.63) is 35.4 Å². The van der Waals surface area contributed by atoms with Crippen LogP contribution < -0.4 is 5.32 Å². The van der Waals surface area contributed by atoms with Crippen molar-refractivity contribution in [2.45, 2.75) is 45.3 Å². The van der Waals surface area contributed by atoms with Crippen LogP contribution >= 0.6 is 0 Å². The highest BCUT2D eigenvalue weighted by molar-refractivity contribution is 5.28. The first-order valence-electron chi connectivity index (χ1n) is 6.26. The largest absolute Gasteiger partial charge is 0.389 e. The zero-order valence-electron chi connectivity index (χ0n) is 10.8.